The smallest absolute Gasteiger partial charge is 0.258 e. The van der Waals surface area contributed by atoms with Gasteiger partial charge in [-0.25, -0.2) is 9.97 Å². The zero-order chi connectivity index (χ0) is 15.9. The molecule has 2 rings (SSSR count). The number of carbonyl (C=O) groups excluding carboxylic acids is 1. The molecule has 0 spiro atoms. The molecule has 0 aliphatic rings. The fourth-order valence-electron chi connectivity index (χ4n) is 1.72. The summed E-state index contributed by atoms with van der Waals surface area (Å²) in [5.41, 5.74) is 1.90. The summed E-state index contributed by atoms with van der Waals surface area (Å²) in [5, 5.41) is 2.77. The van der Waals surface area contributed by atoms with E-state index in [9.17, 15) is 4.79 Å². The molecule has 0 atom stereocenters. The molecule has 6 heteroatoms. The number of aromatic nitrogens is 2. The Balaban J connectivity index is 1.80. The lowest BCUT2D eigenvalue weighted by Crippen LogP contribution is -2.29. The molecule has 6 nitrogen and oxygen atoms in total. The molecule has 1 heterocycles. The molecule has 1 aromatic heterocycles. The number of aryl methyl sites for hydroxylation is 1. The molecule has 1 amide bonds. The van der Waals surface area contributed by atoms with Gasteiger partial charge in [-0.3, -0.25) is 4.79 Å². The van der Waals surface area contributed by atoms with E-state index in [0.717, 1.165) is 11.3 Å². The molecular formula is C16H20N4O2. The molecule has 2 aromatic rings. The third-order valence-electron chi connectivity index (χ3n) is 2.96. The van der Waals surface area contributed by atoms with Gasteiger partial charge in [0, 0.05) is 20.3 Å². The SMILES string of the molecule is Cc1ccc(OCC(=O)NCc2ccnc(N(C)C)n2)cc1. The monoisotopic (exact) mass is 300 g/mol. The van der Waals surface area contributed by atoms with Crippen LogP contribution in [0.4, 0.5) is 5.95 Å². The fraction of sp³-hybridized carbons (Fsp3) is 0.312. The van der Waals surface area contributed by atoms with E-state index in [-0.39, 0.29) is 12.5 Å². The number of anilines is 1. The molecule has 1 aromatic carbocycles. The lowest BCUT2D eigenvalue weighted by atomic mass is 10.2. The van der Waals surface area contributed by atoms with Gasteiger partial charge in [-0.2, -0.15) is 0 Å². The van der Waals surface area contributed by atoms with Gasteiger partial charge < -0.3 is 15.0 Å². The van der Waals surface area contributed by atoms with E-state index in [1.54, 1.807) is 12.3 Å². The predicted molar refractivity (Wildman–Crippen MR) is 84.9 cm³/mol. The highest BCUT2D eigenvalue weighted by Crippen LogP contribution is 2.11. The molecule has 1 N–H and O–H groups in total. The number of nitrogens with one attached hydrogen (secondary N) is 1. The van der Waals surface area contributed by atoms with Gasteiger partial charge in [-0.1, -0.05) is 17.7 Å². The van der Waals surface area contributed by atoms with E-state index in [4.69, 9.17) is 4.74 Å². The van der Waals surface area contributed by atoms with Gasteiger partial charge in [-0.15, -0.1) is 0 Å². The molecule has 0 unspecified atom stereocenters. The third kappa shape index (κ3) is 4.73. The van der Waals surface area contributed by atoms with Crippen LogP contribution in [0.2, 0.25) is 0 Å². The van der Waals surface area contributed by atoms with Gasteiger partial charge in [-0.05, 0) is 25.1 Å². The maximum Gasteiger partial charge on any atom is 0.258 e. The van der Waals surface area contributed by atoms with Crippen LogP contribution in [0.5, 0.6) is 5.75 Å². The molecule has 0 saturated heterocycles. The molecule has 0 radical (unpaired) electrons. The van der Waals surface area contributed by atoms with Gasteiger partial charge in [0.25, 0.3) is 5.91 Å². The highest BCUT2D eigenvalue weighted by atomic mass is 16.5. The van der Waals surface area contributed by atoms with Crippen LogP contribution in [-0.4, -0.2) is 36.6 Å². The number of carbonyl (C=O) groups is 1. The highest BCUT2D eigenvalue weighted by Gasteiger charge is 2.05. The van der Waals surface area contributed by atoms with Gasteiger partial charge >= 0.3 is 0 Å². The number of hydrogen-bond acceptors (Lipinski definition) is 5. The summed E-state index contributed by atoms with van der Waals surface area (Å²) in [6.45, 7) is 2.33. The van der Waals surface area contributed by atoms with E-state index in [1.165, 1.54) is 0 Å². The van der Waals surface area contributed by atoms with Crippen LogP contribution in [0, 0.1) is 6.92 Å². The summed E-state index contributed by atoms with van der Waals surface area (Å²) in [7, 11) is 3.74. The zero-order valence-electron chi connectivity index (χ0n) is 13.0. The van der Waals surface area contributed by atoms with Crippen molar-refractivity contribution in [3.05, 3.63) is 47.8 Å². The quantitative estimate of drug-likeness (QED) is 0.876. The summed E-state index contributed by atoms with van der Waals surface area (Å²) in [5.74, 6) is 1.10. The van der Waals surface area contributed by atoms with E-state index in [1.807, 2.05) is 50.2 Å². The molecule has 0 bridgehead atoms. The second kappa shape index (κ2) is 7.40. The van der Waals surface area contributed by atoms with Gasteiger partial charge in [0.05, 0.1) is 12.2 Å². The van der Waals surface area contributed by atoms with E-state index >= 15 is 0 Å². The highest BCUT2D eigenvalue weighted by molar-refractivity contribution is 5.77. The zero-order valence-corrected chi connectivity index (χ0v) is 13.0. The summed E-state index contributed by atoms with van der Waals surface area (Å²) in [6, 6.07) is 9.34. The molecule has 0 saturated carbocycles. The number of rotatable bonds is 6. The first-order chi connectivity index (χ1) is 10.5. The van der Waals surface area contributed by atoms with E-state index in [0.29, 0.717) is 18.2 Å². The first-order valence-corrected chi connectivity index (χ1v) is 7.00. The summed E-state index contributed by atoms with van der Waals surface area (Å²) in [4.78, 5) is 22.1. The van der Waals surface area contributed by atoms with Crippen molar-refractivity contribution in [2.75, 3.05) is 25.6 Å². The number of hydrogen-bond donors (Lipinski definition) is 1. The molecule has 0 aliphatic heterocycles. The molecular weight excluding hydrogens is 280 g/mol. The third-order valence-corrected chi connectivity index (χ3v) is 2.96. The van der Waals surface area contributed by atoms with E-state index in [2.05, 4.69) is 15.3 Å². The van der Waals surface area contributed by atoms with Crippen molar-refractivity contribution >= 4 is 11.9 Å². The lowest BCUT2D eigenvalue weighted by molar-refractivity contribution is -0.123. The minimum atomic E-state index is -0.189. The topological polar surface area (TPSA) is 67.3 Å². The Morgan fingerprint density at radius 2 is 1.95 bits per heavy atom. The Hall–Kier alpha value is -2.63. The fourth-order valence-corrected chi connectivity index (χ4v) is 1.72. The molecule has 22 heavy (non-hydrogen) atoms. The maximum absolute atomic E-state index is 11.8. The Morgan fingerprint density at radius 1 is 1.23 bits per heavy atom. The van der Waals surface area contributed by atoms with Crippen LogP contribution in [0.25, 0.3) is 0 Å². The van der Waals surface area contributed by atoms with Crippen molar-refractivity contribution in [2.45, 2.75) is 13.5 Å². The van der Waals surface area contributed by atoms with Crippen LogP contribution in [-0.2, 0) is 11.3 Å². The lowest BCUT2D eigenvalue weighted by Gasteiger charge is -2.11. The van der Waals surface area contributed by atoms with Crippen molar-refractivity contribution in [1.29, 1.82) is 0 Å². The van der Waals surface area contributed by atoms with Crippen LogP contribution in [0.1, 0.15) is 11.3 Å². The first kappa shape index (κ1) is 15.8. The normalized spacial score (nSPS) is 10.1. The molecule has 0 aliphatic carbocycles. The summed E-state index contributed by atoms with van der Waals surface area (Å²) < 4.78 is 5.42. The summed E-state index contributed by atoms with van der Waals surface area (Å²) in [6.07, 6.45) is 1.67. The Bertz CT molecular complexity index is 626. The minimum absolute atomic E-state index is 0.0192. The van der Waals surface area contributed by atoms with Crippen LogP contribution in [0.15, 0.2) is 36.5 Å². The minimum Gasteiger partial charge on any atom is -0.484 e. The largest absolute Gasteiger partial charge is 0.484 e. The average molecular weight is 300 g/mol. The van der Waals surface area contributed by atoms with Gasteiger partial charge in [0.15, 0.2) is 6.61 Å². The second-order valence-electron chi connectivity index (χ2n) is 5.12. The van der Waals surface area contributed by atoms with Crippen LogP contribution >= 0.6 is 0 Å². The Kier molecular flexibility index (Phi) is 5.30. The standard InChI is InChI=1S/C16H20N4O2/c1-12-4-6-14(7-5-12)22-11-15(21)18-10-13-8-9-17-16(19-13)20(2)3/h4-9H,10-11H2,1-3H3,(H,18,21). The second-order valence-corrected chi connectivity index (χ2v) is 5.12. The van der Waals surface area contributed by atoms with Crippen LogP contribution < -0.4 is 15.0 Å². The first-order valence-electron chi connectivity index (χ1n) is 7.00. The van der Waals surface area contributed by atoms with Crippen molar-refractivity contribution in [3.63, 3.8) is 0 Å². The predicted octanol–water partition coefficient (Wildman–Crippen LogP) is 1.55. The maximum atomic E-state index is 11.8. The van der Waals surface area contributed by atoms with Gasteiger partial charge in [0.1, 0.15) is 5.75 Å². The van der Waals surface area contributed by atoms with Crippen LogP contribution in [0.3, 0.4) is 0 Å². The number of amides is 1. The number of nitrogens with zero attached hydrogens (tertiary/aromatic N) is 3. The molecule has 116 valence electrons. The summed E-state index contributed by atoms with van der Waals surface area (Å²) >= 11 is 0. The van der Waals surface area contributed by atoms with Crippen molar-refractivity contribution in [3.8, 4) is 5.75 Å². The van der Waals surface area contributed by atoms with Crippen molar-refractivity contribution in [1.82, 2.24) is 15.3 Å². The van der Waals surface area contributed by atoms with Gasteiger partial charge in [0.2, 0.25) is 5.95 Å². The average Bonchev–Trinajstić information content (AvgIpc) is 2.52. The van der Waals surface area contributed by atoms with Crippen molar-refractivity contribution < 1.29 is 9.53 Å². The van der Waals surface area contributed by atoms with E-state index < -0.39 is 0 Å². The number of ether oxygens (including phenoxy) is 1. The Morgan fingerprint density at radius 3 is 2.64 bits per heavy atom. The number of benzene rings is 1. The Labute approximate surface area is 130 Å². The van der Waals surface area contributed by atoms with Crippen molar-refractivity contribution in [2.24, 2.45) is 0 Å². The molecule has 0 fully saturated rings.